The molecular formula is C21H32N2O7S. The number of ether oxygens (including phenoxy) is 3. The lowest BCUT2D eigenvalue weighted by molar-refractivity contribution is -0.143. The molecule has 31 heavy (non-hydrogen) atoms. The number of methoxy groups -OCH3 is 2. The van der Waals surface area contributed by atoms with E-state index in [0.29, 0.717) is 13.1 Å². The molecular weight excluding hydrogens is 424 g/mol. The van der Waals surface area contributed by atoms with Gasteiger partial charge < -0.3 is 19.1 Å². The summed E-state index contributed by atoms with van der Waals surface area (Å²) >= 11 is 0. The number of sulfonamides is 1. The summed E-state index contributed by atoms with van der Waals surface area (Å²) in [5.74, 6) is -0.854. The van der Waals surface area contributed by atoms with Crippen LogP contribution in [0.5, 0.6) is 5.75 Å². The number of rotatable bonds is 10. The van der Waals surface area contributed by atoms with Crippen molar-refractivity contribution in [1.82, 2.24) is 9.21 Å². The third-order valence-electron chi connectivity index (χ3n) is 5.07. The van der Waals surface area contributed by atoms with Crippen LogP contribution in [0.1, 0.15) is 43.0 Å². The number of amides is 1. The van der Waals surface area contributed by atoms with Crippen LogP contribution < -0.4 is 4.74 Å². The Morgan fingerprint density at radius 1 is 1.10 bits per heavy atom. The first-order chi connectivity index (χ1) is 14.8. The molecule has 0 aliphatic carbocycles. The Balaban J connectivity index is 2.37. The zero-order valence-electron chi connectivity index (χ0n) is 18.5. The van der Waals surface area contributed by atoms with Gasteiger partial charge in [0.15, 0.2) is 0 Å². The summed E-state index contributed by atoms with van der Waals surface area (Å²) in [6, 6.07) is 4.29. The summed E-state index contributed by atoms with van der Waals surface area (Å²) in [4.78, 5) is 26.3. The lowest BCUT2D eigenvalue weighted by Gasteiger charge is -2.24. The largest absolute Gasteiger partial charge is 0.495 e. The van der Waals surface area contributed by atoms with E-state index in [2.05, 4.69) is 0 Å². The van der Waals surface area contributed by atoms with E-state index in [1.165, 1.54) is 41.6 Å². The van der Waals surface area contributed by atoms with Crippen LogP contribution in [-0.4, -0.2) is 83.1 Å². The molecule has 0 atom stereocenters. The Morgan fingerprint density at radius 2 is 1.77 bits per heavy atom. The molecule has 10 heteroatoms. The zero-order chi connectivity index (χ0) is 22.9. The van der Waals surface area contributed by atoms with E-state index in [-0.39, 0.29) is 42.5 Å². The van der Waals surface area contributed by atoms with Crippen molar-refractivity contribution in [3.8, 4) is 5.75 Å². The number of hydrogen-bond donors (Lipinski definition) is 0. The van der Waals surface area contributed by atoms with Gasteiger partial charge in [0.1, 0.15) is 17.2 Å². The highest BCUT2D eigenvalue weighted by molar-refractivity contribution is 7.89. The van der Waals surface area contributed by atoms with E-state index >= 15 is 0 Å². The molecule has 1 aromatic carbocycles. The molecule has 1 heterocycles. The number of hydrogen-bond acceptors (Lipinski definition) is 7. The number of nitrogens with zero attached hydrogens (tertiary/aromatic N) is 2. The lowest BCUT2D eigenvalue weighted by atomic mass is 10.2. The van der Waals surface area contributed by atoms with Gasteiger partial charge in [-0.25, -0.2) is 8.42 Å². The molecule has 0 unspecified atom stereocenters. The standard InChI is InChI=1S/C21H32N2O7S/c1-4-30-20(24)16-22(13-14-28-2)21(25)17-9-10-18(29-3)19(15-17)31(26,27)23-11-7-5-6-8-12-23/h9-10,15H,4-8,11-14,16H2,1-3H3. The first kappa shape index (κ1) is 25.1. The van der Waals surface area contributed by atoms with Crippen molar-refractivity contribution in [2.24, 2.45) is 0 Å². The molecule has 0 saturated carbocycles. The van der Waals surface area contributed by atoms with Gasteiger partial charge >= 0.3 is 5.97 Å². The maximum absolute atomic E-state index is 13.3. The average Bonchev–Trinajstić information content (AvgIpc) is 3.06. The van der Waals surface area contributed by atoms with Gasteiger partial charge in [0.2, 0.25) is 10.0 Å². The first-order valence-electron chi connectivity index (χ1n) is 10.5. The van der Waals surface area contributed by atoms with E-state index in [0.717, 1.165) is 25.7 Å². The molecule has 1 aliphatic rings. The first-order valence-corrected chi connectivity index (χ1v) is 11.9. The summed E-state index contributed by atoms with van der Waals surface area (Å²) in [5, 5.41) is 0. The number of esters is 1. The van der Waals surface area contributed by atoms with Gasteiger partial charge in [0.05, 0.1) is 20.3 Å². The quantitative estimate of drug-likeness (QED) is 0.496. The molecule has 1 saturated heterocycles. The molecule has 9 nitrogen and oxygen atoms in total. The molecule has 1 fully saturated rings. The predicted octanol–water partition coefficient (Wildman–Crippen LogP) is 1.91. The Bertz CT molecular complexity index is 849. The molecule has 174 valence electrons. The second kappa shape index (κ2) is 12.0. The van der Waals surface area contributed by atoms with E-state index in [9.17, 15) is 18.0 Å². The van der Waals surface area contributed by atoms with Crippen molar-refractivity contribution in [3.05, 3.63) is 23.8 Å². The Hall–Kier alpha value is -2.17. The summed E-state index contributed by atoms with van der Waals surface area (Å²) in [6.07, 6.45) is 3.57. The number of carbonyl (C=O) groups excluding carboxylic acids is 2. The maximum Gasteiger partial charge on any atom is 0.325 e. The van der Waals surface area contributed by atoms with Crippen molar-refractivity contribution in [2.75, 3.05) is 53.6 Å². The van der Waals surface area contributed by atoms with Gasteiger partial charge in [-0.3, -0.25) is 9.59 Å². The molecule has 1 aromatic rings. The molecule has 0 N–H and O–H groups in total. The van der Waals surface area contributed by atoms with Crippen molar-refractivity contribution in [2.45, 2.75) is 37.5 Å². The van der Waals surface area contributed by atoms with Crippen LogP contribution in [0.3, 0.4) is 0 Å². The Kier molecular flexibility index (Phi) is 9.73. The Morgan fingerprint density at radius 3 is 2.35 bits per heavy atom. The highest BCUT2D eigenvalue weighted by Crippen LogP contribution is 2.29. The molecule has 1 aliphatic heterocycles. The van der Waals surface area contributed by atoms with Gasteiger partial charge in [-0.05, 0) is 38.0 Å². The number of benzene rings is 1. The third-order valence-corrected chi connectivity index (χ3v) is 6.99. The fourth-order valence-electron chi connectivity index (χ4n) is 3.43. The van der Waals surface area contributed by atoms with Gasteiger partial charge in [-0.1, -0.05) is 12.8 Å². The van der Waals surface area contributed by atoms with E-state index in [1.807, 2.05) is 0 Å². The van der Waals surface area contributed by atoms with Crippen LogP contribution in [0, 0.1) is 0 Å². The molecule has 1 amide bonds. The number of carbonyl (C=O) groups is 2. The van der Waals surface area contributed by atoms with E-state index in [4.69, 9.17) is 14.2 Å². The fourth-order valence-corrected chi connectivity index (χ4v) is 5.13. The molecule has 0 radical (unpaired) electrons. The molecule has 0 bridgehead atoms. The van der Waals surface area contributed by atoms with Crippen LogP contribution in [0.2, 0.25) is 0 Å². The fraction of sp³-hybridized carbons (Fsp3) is 0.619. The summed E-state index contributed by atoms with van der Waals surface area (Å²) in [6.45, 7) is 2.89. The zero-order valence-corrected chi connectivity index (χ0v) is 19.3. The summed E-state index contributed by atoms with van der Waals surface area (Å²) < 4.78 is 43.4. The molecule has 0 aromatic heterocycles. The minimum atomic E-state index is -3.84. The highest BCUT2D eigenvalue weighted by atomic mass is 32.2. The van der Waals surface area contributed by atoms with Crippen LogP contribution in [0.15, 0.2) is 23.1 Å². The molecule has 0 spiro atoms. The second-order valence-electron chi connectivity index (χ2n) is 7.21. The average molecular weight is 457 g/mol. The van der Waals surface area contributed by atoms with Gasteiger partial charge in [-0.2, -0.15) is 4.31 Å². The van der Waals surface area contributed by atoms with Gasteiger partial charge in [0.25, 0.3) is 5.91 Å². The normalized spacial score (nSPS) is 15.2. The predicted molar refractivity (Wildman–Crippen MR) is 115 cm³/mol. The van der Waals surface area contributed by atoms with Crippen LogP contribution in [-0.2, 0) is 24.3 Å². The smallest absolute Gasteiger partial charge is 0.325 e. The maximum atomic E-state index is 13.3. The van der Waals surface area contributed by atoms with Crippen LogP contribution in [0.4, 0.5) is 0 Å². The van der Waals surface area contributed by atoms with Crippen LogP contribution >= 0.6 is 0 Å². The van der Waals surface area contributed by atoms with Crippen molar-refractivity contribution in [1.29, 1.82) is 0 Å². The van der Waals surface area contributed by atoms with Crippen molar-refractivity contribution < 1.29 is 32.2 Å². The highest BCUT2D eigenvalue weighted by Gasteiger charge is 2.30. The van der Waals surface area contributed by atoms with Crippen molar-refractivity contribution >= 4 is 21.9 Å². The van der Waals surface area contributed by atoms with Crippen molar-refractivity contribution in [3.63, 3.8) is 0 Å². The lowest BCUT2D eigenvalue weighted by Crippen LogP contribution is -2.39. The SMILES string of the molecule is CCOC(=O)CN(CCOC)C(=O)c1ccc(OC)c(S(=O)(=O)N2CCCCCC2)c1. The van der Waals surface area contributed by atoms with E-state index < -0.39 is 21.9 Å². The second-order valence-corrected chi connectivity index (χ2v) is 9.11. The topological polar surface area (TPSA) is 102 Å². The molecule has 2 rings (SSSR count). The minimum Gasteiger partial charge on any atom is -0.495 e. The Labute approximate surface area is 184 Å². The van der Waals surface area contributed by atoms with Gasteiger partial charge in [0, 0.05) is 32.3 Å². The van der Waals surface area contributed by atoms with Crippen LogP contribution in [0.25, 0.3) is 0 Å². The summed E-state index contributed by atoms with van der Waals surface area (Å²) in [5.41, 5.74) is 0.148. The summed E-state index contributed by atoms with van der Waals surface area (Å²) in [7, 11) is -0.952. The minimum absolute atomic E-state index is 0.0504. The monoisotopic (exact) mass is 456 g/mol. The third kappa shape index (κ3) is 6.65. The van der Waals surface area contributed by atoms with Gasteiger partial charge in [-0.15, -0.1) is 0 Å². The van der Waals surface area contributed by atoms with E-state index in [1.54, 1.807) is 6.92 Å².